The molecule has 1 saturated heterocycles. The van der Waals surface area contributed by atoms with Crippen molar-refractivity contribution in [2.75, 3.05) is 42.3 Å². The molecular weight excluding hydrogens is 451 g/mol. The third kappa shape index (κ3) is 5.22. The Balaban J connectivity index is 1.46. The van der Waals surface area contributed by atoms with Gasteiger partial charge in [0.05, 0.1) is 35.9 Å². The number of β-amino-alcohol motifs (C(OH)–C–C–N with tert-alkyl or cyclic N) is 1. The highest BCUT2D eigenvalue weighted by molar-refractivity contribution is 5.89. The monoisotopic (exact) mass is 475 g/mol. The van der Waals surface area contributed by atoms with E-state index in [2.05, 4.69) is 20.7 Å². The minimum Gasteiger partial charge on any atom is -0.389 e. The topological polar surface area (TPSA) is 98.6 Å². The van der Waals surface area contributed by atoms with Crippen molar-refractivity contribution in [3.63, 3.8) is 0 Å². The molecule has 12 heteroatoms. The van der Waals surface area contributed by atoms with Crippen LogP contribution in [-0.2, 0) is 12.7 Å². The standard InChI is InChI=1S/C22H24F3N7O2/c1-30(2)15-4-3-5-16(8-15)32-17(9-19(29-32)22(23,24)25)11-27-21(34)28-14-6-7-20(26-10-14)31-12-18(33)13-31/h3-10,18,33H,11-13H2,1-2H3,(H2,27,28,34). The number of anilines is 3. The van der Waals surface area contributed by atoms with E-state index in [1.165, 1.54) is 10.9 Å². The van der Waals surface area contributed by atoms with Crippen LogP contribution in [0.5, 0.6) is 0 Å². The highest BCUT2D eigenvalue weighted by Gasteiger charge is 2.35. The van der Waals surface area contributed by atoms with Crippen molar-refractivity contribution in [1.29, 1.82) is 0 Å². The largest absolute Gasteiger partial charge is 0.435 e. The van der Waals surface area contributed by atoms with Crippen LogP contribution in [0.3, 0.4) is 0 Å². The van der Waals surface area contributed by atoms with Gasteiger partial charge in [0.2, 0.25) is 0 Å². The Morgan fingerprint density at radius 1 is 1.21 bits per heavy atom. The zero-order valence-corrected chi connectivity index (χ0v) is 18.5. The van der Waals surface area contributed by atoms with Crippen molar-refractivity contribution in [3.8, 4) is 5.69 Å². The summed E-state index contributed by atoms with van der Waals surface area (Å²) < 4.78 is 41.1. The summed E-state index contributed by atoms with van der Waals surface area (Å²) in [6.45, 7) is 0.828. The molecule has 2 aromatic heterocycles. The van der Waals surface area contributed by atoms with E-state index < -0.39 is 17.9 Å². The Hall–Kier alpha value is -3.80. The second kappa shape index (κ2) is 9.21. The number of hydrogen-bond acceptors (Lipinski definition) is 6. The molecule has 1 fully saturated rings. The first-order chi connectivity index (χ1) is 16.1. The Kier molecular flexibility index (Phi) is 6.33. The van der Waals surface area contributed by atoms with Crippen molar-refractivity contribution in [1.82, 2.24) is 20.1 Å². The lowest BCUT2D eigenvalue weighted by molar-refractivity contribution is -0.141. The molecule has 1 aliphatic rings. The number of hydrogen-bond donors (Lipinski definition) is 3. The lowest BCUT2D eigenvalue weighted by Crippen LogP contribution is -2.51. The van der Waals surface area contributed by atoms with Gasteiger partial charge in [0.25, 0.3) is 0 Å². The molecule has 0 bridgehead atoms. The fraction of sp³-hybridized carbons (Fsp3) is 0.318. The number of benzene rings is 1. The first-order valence-electron chi connectivity index (χ1n) is 10.5. The van der Waals surface area contributed by atoms with Crippen LogP contribution >= 0.6 is 0 Å². The Bertz CT molecular complexity index is 1160. The second-order valence-electron chi connectivity index (χ2n) is 8.12. The van der Waals surface area contributed by atoms with Gasteiger partial charge in [-0.25, -0.2) is 14.5 Å². The molecule has 1 aromatic carbocycles. The van der Waals surface area contributed by atoms with Crippen LogP contribution in [0, 0.1) is 0 Å². The average Bonchev–Trinajstić information content (AvgIpc) is 3.21. The zero-order chi connectivity index (χ0) is 24.5. The van der Waals surface area contributed by atoms with Gasteiger partial charge in [0.1, 0.15) is 5.82 Å². The quantitative estimate of drug-likeness (QED) is 0.507. The van der Waals surface area contributed by atoms with Crippen molar-refractivity contribution in [3.05, 3.63) is 60.0 Å². The van der Waals surface area contributed by atoms with Crippen LogP contribution < -0.4 is 20.4 Å². The number of pyridine rings is 1. The minimum absolute atomic E-state index is 0.170. The number of aromatic nitrogens is 3. The van der Waals surface area contributed by atoms with Crippen LogP contribution in [0.25, 0.3) is 5.69 Å². The molecule has 3 aromatic rings. The molecule has 3 N–H and O–H groups in total. The lowest BCUT2D eigenvalue weighted by Gasteiger charge is -2.36. The van der Waals surface area contributed by atoms with Crippen LogP contribution in [0.1, 0.15) is 11.4 Å². The molecule has 0 radical (unpaired) electrons. The number of halogens is 3. The zero-order valence-electron chi connectivity index (χ0n) is 18.5. The van der Waals surface area contributed by atoms with Crippen molar-refractivity contribution in [2.45, 2.75) is 18.8 Å². The molecule has 180 valence electrons. The molecule has 0 saturated carbocycles. The number of aliphatic hydroxyl groups excluding tert-OH is 1. The first-order valence-corrected chi connectivity index (χ1v) is 10.5. The van der Waals surface area contributed by atoms with Crippen LogP contribution in [0.15, 0.2) is 48.7 Å². The summed E-state index contributed by atoms with van der Waals surface area (Å²) in [6.07, 6.45) is -3.51. The van der Waals surface area contributed by atoms with E-state index in [9.17, 15) is 23.1 Å². The summed E-state index contributed by atoms with van der Waals surface area (Å²) in [4.78, 5) is 20.3. The summed E-state index contributed by atoms with van der Waals surface area (Å²) in [5.41, 5.74) is 0.779. The molecule has 0 spiro atoms. The fourth-order valence-corrected chi connectivity index (χ4v) is 3.45. The highest BCUT2D eigenvalue weighted by atomic mass is 19.4. The molecular formula is C22H24F3N7O2. The SMILES string of the molecule is CN(C)c1cccc(-n2nc(C(F)(F)F)cc2CNC(=O)Nc2ccc(N3CC(O)C3)nc2)c1. The van der Waals surface area contributed by atoms with E-state index >= 15 is 0 Å². The van der Waals surface area contributed by atoms with Gasteiger partial charge in [-0.3, -0.25) is 0 Å². The molecule has 9 nitrogen and oxygen atoms in total. The normalized spacial score (nSPS) is 14.0. The number of carbonyl (C=O) groups is 1. The summed E-state index contributed by atoms with van der Waals surface area (Å²) in [5, 5.41) is 18.3. The Labute approximate surface area is 193 Å². The second-order valence-corrected chi connectivity index (χ2v) is 8.12. The molecule has 1 aliphatic heterocycles. The number of amides is 2. The van der Waals surface area contributed by atoms with E-state index in [0.717, 1.165) is 11.8 Å². The molecule has 0 unspecified atom stereocenters. The van der Waals surface area contributed by atoms with Crippen LogP contribution in [-0.4, -0.2) is 59.2 Å². The maximum Gasteiger partial charge on any atom is 0.435 e. The van der Waals surface area contributed by atoms with E-state index in [1.807, 2.05) is 30.0 Å². The number of nitrogens with one attached hydrogen (secondary N) is 2. The van der Waals surface area contributed by atoms with Gasteiger partial charge in [-0.05, 0) is 36.4 Å². The van der Waals surface area contributed by atoms with Crippen molar-refractivity contribution < 1.29 is 23.1 Å². The fourth-order valence-electron chi connectivity index (χ4n) is 3.45. The number of rotatable bonds is 6. The number of aliphatic hydroxyl groups is 1. The molecule has 0 atom stereocenters. The van der Waals surface area contributed by atoms with Gasteiger partial charge >= 0.3 is 12.2 Å². The van der Waals surface area contributed by atoms with Gasteiger partial charge in [-0.15, -0.1) is 0 Å². The molecule has 4 rings (SSSR count). The van der Waals surface area contributed by atoms with Crippen LogP contribution in [0.4, 0.5) is 35.2 Å². The smallest absolute Gasteiger partial charge is 0.389 e. The molecule has 2 amide bonds. The predicted molar refractivity (Wildman–Crippen MR) is 121 cm³/mol. The van der Waals surface area contributed by atoms with Gasteiger partial charge < -0.3 is 25.5 Å². The Morgan fingerprint density at radius 3 is 2.59 bits per heavy atom. The number of nitrogens with zero attached hydrogens (tertiary/aromatic N) is 5. The molecule has 0 aliphatic carbocycles. The minimum atomic E-state index is -4.62. The number of urea groups is 1. The predicted octanol–water partition coefficient (Wildman–Crippen LogP) is 2.85. The van der Waals surface area contributed by atoms with E-state index in [4.69, 9.17) is 0 Å². The van der Waals surface area contributed by atoms with Gasteiger partial charge in [0, 0.05) is 32.9 Å². The summed E-state index contributed by atoms with van der Waals surface area (Å²) >= 11 is 0. The maximum absolute atomic E-state index is 13.3. The van der Waals surface area contributed by atoms with Crippen molar-refractivity contribution in [2.24, 2.45) is 0 Å². The van der Waals surface area contributed by atoms with Crippen LogP contribution in [0.2, 0.25) is 0 Å². The first kappa shape index (κ1) is 23.4. The van der Waals surface area contributed by atoms with Gasteiger partial charge in [-0.2, -0.15) is 18.3 Å². The van der Waals surface area contributed by atoms with Gasteiger partial charge in [0.15, 0.2) is 5.69 Å². The highest BCUT2D eigenvalue weighted by Crippen LogP contribution is 2.30. The maximum atomic E-state index is 13.3. The number of carbonyl (C=O) groups excluding carboxylic acids is 1. The average molecular weight is 475 g/mol. The third-order valence-electron chi connectivity index (χ3n) is 5.29. The lowest BCUT2D eigenvalue weighted by atomic mass is 10.2. The Morgan fingerprint density at radius 2 is 1.97 bits per heavy atom. The summed E-state index contributed by atoms with van der Waals surface area (Å²) in [6, 6.07) is 10.6. The van der Waals surface area contributed by atoms with Crippen molar-refractivity contribution >= 4 is 23.2 Å². The van der Waals surface area contributed by atoms with Gasteiger partial charge in [-0.1, -0.05) is 6.07 Å². The van der Waals surface area contributed by atoms with E-state index in [1.54, 1.807) is 30.3 Å². The third-order valence-corrected chi connectivity index (χ3v) is 5.29. The molecule has 34 heavy (non-hydrogen) atoms. The summed E-state index contributed by atoms with van der Waals surface area (Å²) in [7, 11) is 3.65. The van der Waals surface area contributed by atoms with E-state index in [-0.39, 0.29) is 18.3 Å². The molecule has 3 heterocycles. The summed E-state index contributed by atoms with van der Waals surface area (Å²) in [5.74, 6) is 0.680. The number of alkyl halides is 3. The van der Waals surface area contributed by atoms with E-state index in [0.29, 0.717) is 30.3 Å².